The van der Waals surface area contributed by atoms with Crippen molar-refractivity contribution in [3.63, 3.8) is 0 Å². The third kappa shape index (κ3) is 4.65. The van der Waals surface area contributed by atoms with Crippen LogP contribution in [0.2, 0.25) is 20.1 Å². The molecule has 0 heterocycles. The largest absolute Gasteiger partial charge is 0.399 e. The molecule has 0 saturated carbocycles. The molecule has 0 aliphatic heterocycles. The normalized spacial score (nSPS) is 11.0. The summed E-state index contributed by atoms with van der Waals surface area (Å²) in [5.74, 6) is 0. The second-order valence-electron chi connectivity index (χ2n) is 7.25. The quantitative estimate of drug-likeness (QED) is 0.197. The number of rotatable bonds is 4. The Morgan fingerprint density at radius 1 is 0.485 bits per heavy atom. The predicted molar refractivity (Wildman–Crippen MR) is 146 cm³/mol. The fourth-order valence-corrected chi connectivity index (χ4v) is 5.49. The van der Waals surface area contributed by atoms with Gasteiger partial charge in [0.05, 0.1) is 31.5 Å². The van der Waals surface area contributed by atoms with Gasteiger partial charge < -0.3 is 22.9 Å². The Morgan fingerprint density at radius 2 is 0.879 bits per heavy atom. The summed E-state index contributed by atoms with van der Waals surface area (Å²) in [4.78, 5) is 1.51. The molecule has 0 spiro atoms. The Labute approximate surface area is 215 Å². The maximum atomic E-state index is 6.54. The smallest absolute Gasteiger partial charge is 0.0551 e. The summed E-state index contributed by atoms with van der Waals surface area (Å²) < 4.78 is 0. The van der Waals surface area contributed by atoms with Gasteiger partial charge in [-0.15, -0.1) is 0 Å². The van der Waals surface area contributed by atoms with Gasteiger partial charge in [-0.1, -0.05) is 70.3 Å². The van der Waals surface area contributed by atoms with Gasteiger partial charge in [-0.25, -0.2) is 0 Å². The van der Waals surface area contributed by atoms with E-state index in [9.17, 15) is 0 Å². The number of anilines is 4. The molecule has 0 saturated heterocycles. The number of nitrogen functional groups attached to an aromatic ring is 4. The zero-order chi connectivity index (χ0) is 23.9. The first-order chi connectivity index (χ1) is 15.7. The zero-order valence-corrected chi connectivity index (χ0v) is 20.8. The van der Waals surface area contributed by atoms with Crippen LogP contribution < -0.4 is 22.9 Å². The Kier molecular flexibility index (Phi) is 6.80. The molecule has 4 aromatic carbocycles. The molecule has 0 aromatic heterocycles. The SMILES string of the molecule is Nc1ccc(-c2c(Cl)ccc(Sc3ccc(Cl)c(-c4ccc(N)cc4Cl)c3N)c2N)c(Cl)c1. The van der Waals surface area contributed by atoms with E-state index in [1.54, 1.807) is 48.5 Å². The first-order valence-electron chi connectivity index (χ1n) is 9.62. The summed E-state index contributed by atoms with van der Waals surface area (Å²) in [7, 11) is 0. The monoisotopic (exact) mass is 534 g/mol. The van der Waals surface area contributed by atoms with Gasteiger partial charge in [-0.2, -0.15) is 0 Å². The summed E-state index contributed by atoms with van der Waals surface area (Å²) in [6, 6.07) is 17.6. The number of benzene rings is 4. The zero-order valence-electron chi connectivity index (χ0n) is 17.0. The van der Waals surface area contributed by atoms with E-state index < -0.39 is 0 Å². The van der Waals surface area contributed by atoms with Gasteiger partial charge in [0.15, 0.2) is 0 Å². The molecule has 0 aliphatic rings. The van der Waals surface area contributed by atoms with E-state index in [1.807, 2.05) is 12.1 Å². The van der Waals surface area contributed by atoms with Crippen LogP contribution in [-0.2, 0) is 0 Å². The lowest BCUT2D eigenvalue weighted by atomic mass is 10.0. The van der Waals surface area contributed by atoms with Gasteiger partial charge in [0, 0.05) is 43.4 Å². The molecule has 0 amide bonds. The fourth-order valence-electron chi connectivity index (χ4n) is 3.46. The Bertz CT molecular complexity index is 1290. The third-order valence-electron chi connectivity index (χ3n) is 5.05. The highest BCUT2D eigenvalue weighted by molar-refractivity contribution is 7.99. The second kappa shape index (κ2) is 9.45. The lowest BCUT2D eigenvalue weighted by Gasteiger charge is -2.17. The van der Waals surface area contributed by atoms with Gasteiger partial charge in [0.25, 0.3) is 0 Å². The van der Waals surface area contributed by atoms with E-state index in [0.29, 0.717) is 65.1 Å². The summed E-state index contributed by atoms with van der Waals surface area (Å²) in [6.45, 7) is 0. The van der Waals surface area contributed by atoms with Crippen LogP contribution >= 0.6 is 58.2 Å². The van der Waals surface area contributed by atoms with Crippen molar-refractivity contribution in [1.82, 2.24) is 0 Å². The van der Waals surface area contributed by atoms with Crippen LogP contribution in [0, 0.1) is 0 Å². The summed E-state index contributed by atoms with van der Waals surface area (Å²) in [5.41, 5.74) is 29.4. The molecular weight excluding hydrogens is 518 g/mol. The Balaban J connectivity index is 1.81. The highest BCUT2D eigenvalue weighted by Gasteiger charge is 2.19. The molecule has 0 atom stereocenters. The average molecular weight is 536 g/mol. The van der Waals surface area contributed by atoms with E-state index in [2.05, 4.69) is 0 Å². The molecule has 0 bridgehead atoms. The minimum absolute atomic E-state index is 0.456. The van der Waals surface area contributed by atoms with Crippen LogP contribution in [0.25, 0.3) is 22.3 Å². The number of halogens is 4. The molecule has 0 aliphatic carbocycles. The Hall–Kier alpha value is -2.41. The highest BCUT2D eigenvalue weighted by Crippen LogP contribution is 2.48. The van der Waals surface area contributed by atoms with E-state index in [-0.39, 0.29) is 0 Å². The van der Waals surface area contributed by atoms with Crippen molar-refractivity contribution in [2.75, 3.05) is 22.9 Å². The summed E-state index contributed by atoms with van der Waals surface area (Å²) in [5, 5.41) is 1.86. The molecule has 33 heavy (non-hydrogen) atoms. The molecule has 4 nitrogen and oxygen atoms in total. The first kappa shape index (κ1) is 23.7. The molecule has 4 aromatic rings. The lowest BCUT2D eigenvalue weighted by Crippen LogP contribution is -1.98. The van der Waals surface area contributed by atoms with Gasteiger partial charge in [0.1, 0.15) is 0 Å². The molecule has 4 rings (SSSR count). The molecule has 8 N–H and O–H groups in total. The highest BCUT2D eigenvalue weighted by atomic mass is 35.5. The maximum Gasteiger partial charge on any atom is 0.0551 e. The molecular formula is C24H18Cl4N4S. The maximum absolute atomic E-state index is 6.54. The van der Waals surface area contributed by atoms with Crippen LogP contribution in [0.3, 0.4) is 0 Å². The van der Waals surface area contributed by atoms with E-state index in [1.165, 1.54) is 11.8 Å². The van der Waals surface area contributed by atoms with Crippen molar-refractivity contribution >= 4 is 80.9 Å². The van der Waals surface area contributed by atoms with Gasteiger partial charge in [-0.3, -0.25) is 0 Å². The van der Waals surface area contributed by atoms with Crippen LogP contribution in [-0.4, -0.2) is 0 Å². The minimum atomic E-state index is 0.456. The average Bonchev–Trinajstić information content (AvgIpc) is 2.75. The molecule has 0 fully saturated rings. The van der Waals surface area contributed by atoms with Crippen molar-refractivity contribution in [1.29, 1.82) is 0 Å². The van der Waals surface area contributed by atoms with Gasteiger partial charge in [-0.05, 0) is 48.5 Å². The summed E-state index contributed by atoms with van der Waals surface area (Å²) >= 11 is 27.2. The van der Waals surface area contributed by atoms with E-state index in [0.717, 1.165) is 9.79 Å². The predicted octanol–water partition coefficient (Wildman–Crippen LogP) is 8.11. The summed E-state index contributed by atoms with van der Waals surface area (Å²) in [6.07, 6.45) is 0. The molecule has 0 radical (unpaired) electrons. The first-order valence-corrected chi connectivity index (χ1v) is 11.9. The van der Waals surface area contributed by atoms with Crippen LogP contribution in [0.1, 0.15) is 0 Å². The molecule has 168 valence electrons. The van der Waals surface area contributed by atoms with Gasteiger partial charge >= 0.3 is 0 Å². The third-order valence-corrected chi connectivity index (χ3v) is 7.46. The minimum Gasteiger partial charge on any atom is -0.399 e. The van der Waals surface area contributed by atoms with Crippen molar-refractivity contribution in [3.05, 3.63) is 80.8 Å². The lowest BCUT2D eigenvalue weighted by molar-refractivity contribution is 1.40. The van der Waals surface area contributed by atoms with Crippen molar-refractivity contribution < 1.29 is 0 Å². The number of nitrogens with two attached hydrogens (primary N) is 4. The van der Waals surface area contributed by atoms with Crippen molar-refractivity contribution in [2.24, 2.45) is 0 Å². The number of hydrogen-bond acceptors (Lipinski definition) is 5. The molecule has 0 unspecified atom stereocenters. The standard InChI is InChI=1S/C24H18Cl4N4S/c25-15-5-7-19(23(31)21(15)13-3-1-11(29)9-17(13)27)33-20-8-6-16(26)22(24(20)32)14-4-2-12(30)10-18(14)28/h1-10H,29-32H2. The van der Waals surface area contributed by atoms with Crippen molar-refractivity contribution in [3.8, 4) is 22.3 Å². The molecule has 9 heteroatoms. The topological polar surface area (TPSA) is 104 Å². The van der Waals surface area contributed by atoms with E-state index >= 15 is 0 Å². The van der Waals surface area contributed by atoms with Crippen molar-refractivity contribution in [2.45, 2.75) is 9.79 Å². The second-order valence-corrected chi connectivity index (χ2v) is 9.96. The van der Waals surface area contributed by atoms with Crippen LogP contribution in [0.5, 0.6) is 0 Å². The van der Waals surface area contributed by atoms with Crippen LogP contribution in [0.4, 0.5) is 22.7 Å². The van der Waals surface area contributed by atoms with Crippen LogP contribution in [0.15, 0.2) is 70.5 Å². The Morgan fingerprint density at radius 3 is 1.24 bits per heavy atom. The number of hydrogen-bond donors (Lipinski definition) is 4. The van der Waals surface area contributed by atoms with E-state index in [4.69, 9.17) is 69.3 Å². The van der Waals surface area contributed by atoms with Gasteiger partial charge in [0.2, 0.25) is 0 Å². The fraction of sp³-hybridized carbons (Fsp3) is 0.